The molecule has 4 nitrogen and oxygen atoms in total. The van der Waals surface area contributed by atoms with E-state index in [1.807, 2.05) is 0 Å². The van der Waals surface area contributed by atoms with Crippen molar-refractivity contribution in [2.75, 3.05) is 13.2 Å². The highest BCUT2D eigenvalue weighted by Crippen LogP contribution is 2.41. The molecule has 0 saturated carbocycles. The van der Waals surface area contributed by atoms with E-state index in [4.69, 9.17) is 4.74 Å². The Balaban J connectivity index is 1.96. The van der Waals surface area contributed by atoms with Crippen LogP contribution >= 0.6 is 0 Å². The first-order valence-corrected chi connectivity index (χ1v) is 9.31. The fourth-order valence-corrected chi connectivity index (χ4v) is 3.42. The van der Waals surface area contributed by atoms with Gasteiger partial charge in [-0.2, -0.15) is 26.3 Å². The Morgan fingerprint density at radius 3 is 2.10 bits per heavy atom. The van der Waals surface area contributed by atoms with Crippen molar-refractivity contribution in [3.63, 3.8) is 0 Å². The summed E-state index contributed by atoms with van der Waals surface area (Å²) in [5, 5.41) is 10.9. The summed E-state index contributed by atoms with van der Waals surface area (Å²) < 4.78 is 84.3. The number of halogens is 6. The van der Waals surface area contributed by atoms with Gasteiger partial charge in [0.1, 0.15) is 0 Å². The number of hydrogen-bond acceptors (Lipinski definition) is 3. The molecule has 0 aliphatic carbocycles. The number of morpholine rings is 1. The predicted octanol–water partition coefficient (Wildman–Crippen LogP) is 4.58. The van der Waals surface area contributed by atoms with Gasteiger partial charge in [-0.3, -0.25) is 4.79 Å². The van der Waals surface area contributed by atoms with Gasteiger partial charge in [0.25, 0.3) is 11.7 Å². The first kappa shape index (κ1) is 23.1. The second-order valence-corrected chi connectivity index (χ2v) is 7.32. The standard InChI is InChI=1S/C21H19F6NO3/c1-13(15-9-16(20(22,23)24)11-17(10-15)21(25,26)27)19(30)18(29)28(7-8-31-19)12-14-5-3-2-4-6-14/h2-6,9-11,13,30H,7-8,12H2,1H3/t13-,19?/m1/s1. The van der Waals surface area contributed by atoms with Crippen molar-refractivity contribution in [2.45, 2.75) is 37.5 Å². The van der Waals surface area contributed by atoms with Crippen molar-refractivity contribution in [2.24, 2.45) is 0 Å². The lowest BCUT2D eigenvalue weighted by molar-refractivity contribution is -0.241. The van der Waals surface area contributed by atoms with E-state index in [1.165, 1.54) is 4.90 Å². The molecule has 1 aliphatic heterocycles. The van der Waals surface area contributed by atoms with Gasteiger partial charge in [0.2, 0.25) is 0 Å². The number of carbonyl (C=O) groups is 1. The predicted molar refractivity (Wildman–Crippen MR) is 97.6 cm³/mol. The number of ether oxygens (including phenoxy) is 1. The Bertz CT molecular complexity index is 912. The average Bonchev–Trinajstić information content (AvgIpc) is 2.70. The third-order valence-corrected chi connectivity index (χ3v) is 5.19. The molecule has 31 heavy (non-hydrogen) atoms. The maximum atomic E-state index is 13.2. The first-order valence-electron chi connectivity index (χ1n) is 9.31. The van der Waals surface area contributed by atoms with E-state index in [9.17, 15) is 36.2 Å². The highest BCUT2D eigenvalue weighted by molar-refractivity contribution is 5.85. The van der Waals surface area contributed by atoms with Gasteiger partial charge in [0, 0.05) is 19.0 Å². The molecule has 168 valence electrons. The van der Waals surface area contributed by atoms with Gasteiger partial charge in [0.05, 0.1) is 17.7 Å². The van der Waals surface area contributed by atoms with Crippen LogP contribution in [0.5, 0.6) is 0 Å². The van der Waals surface area contributed by atoms with Crippen LogP contribution in [0.4, 0.5) is 26.3 Å². The lowest BCUT2D eigenvalue weighted by atomic mass is 9.87. The van der Waals surface area contributed by atoms with Crippen molar-refractivity contribution in [1.82, 2.24) is 4.90 Å². The van der Waals surface area contributed by atoms with Crippen LogP contribution in [0.3, 0.4) is 0 Å². The van der Waals surface area contributed by atoms with Crippen LogP contribution in [-0.4, -0.2) is 34.9 Å². The van der Waals surface area contributed by atoms with E-state index >= 15 is 0 Å². The zero-order chi connectivity index (χ0) is 23.0. The number of carbonyl (C=O) groups excluding carboxylic acids is 1. The van der Waals surface area contributed by atoms with Crippen LogP contribution in [0.2, 0.25) is 0 Å². The summed E-state index contributed by atoms with van der Waals surface area (Å²) in [6.45, 7) is 1.23. The first-order chi connectivity index (χ1) is 14.3. The maximum absolute atomic E-state index is 13.2. The molecule has 3 rings (SSSR count). The SMILES string of the molecule is C[C@H](c1cc(C(F)(F)F)cc(C(F)(F)F)c1)C1(O)OCCN(Cc2ccccc2)C1=O. The van der Waals surface area contributed by atoms with E-state index in [-0.39, 0.29) is 25.8 Å². The van der Waals surface area contributed by atoms with Crippen LogP contribution in [0.1, 0.15) is 35.1 Å². The molecule has 1 aliphatic rings. The van der Waals surface area contributed by atoms with Crippen molar-refractivity contribution >= 4 is 5.91 Å². The molecule has 1 fully saturated rings. The number of amides is 1. The van der Waals surface area contributed by atoms with Crippen molar-refractivity contribution in [3.05, 3.63) is 70.8 Å². The van der Waals surface area contributed by atoms with Crippen molar-refractivity contribution in [1.29, 1.82) is 0 Å². The fraction of sp³-hybridized carbons (Fsp3) is 0.381. The molecule has 0 aromatic heterocycles. The van der Waals surface area contributed by atoms with Gasteiger partial charge in [0.15, 0.2) is 0 Å². The summed E-state index contributed by atoms with van der Waals surface area (Å²) in [6, 6.07) is 9.73. The second-order valence-electron chi connectivity index (χ2n) is 7.32. The van der Waals surface area contributed by atoms with Crippen LogP contribution < -0.4 is 0 Å². The maximum Gasteiger partial charge on any atom is 0.416 e. The highest BCUT2D eigenvalue weighted by atomic mass is 19.4. The van der Waals surface area contributed by atoms with Gasteiger partial charge in [-0.25, -0.2) is 0 Å². The Labute approximate surface area is 174 Å². The highest BCUT2D eigenvalue weighted by Gasteiger charge is 2.49. The van der Waals surface area contributed by atoms with Crippen LogP contribution in [0.15, 0.2) is 48.5 Å². The van der Waals surface area contributed by atoms with Crippen LogP contribution in [0, 0.1) is 0 Å². The lowest BCUT2D eigenvalue weighted by Crippen LogP contribution is -2.58. The van der Waals surface area contributed by atoms with Gasteiger partial charge in [-0.05, 0) is 29.3 Å². The molecular formula is C21H19F6NO3. The summed E-state index contributed by atoms with van der Waals surface area (Å²) in [7, 11) is 0. The molecule has 2 atom stereocenters. The van der Waals surface area contributed by atoms with E-state index < -0.39 is 46.7 Å². The molecule has 1 heterocycles. The molecule has 10 heteroatoms. The molecule has 0 bridgehead atoms. The zero-order valence-electron chi connectivity index (χ0n) is 16.3. The van der Waals surface area contributed by atoms with Crippen molar-refractivity contribution < 1.29 is 41.0 Å². The largest absolute Gasteiger partial charge is 0.416 e. The topological polar surface area (TPSA) is 49.8 Å². The summed E-state index contributed by atoms with van der Waals surface area (Å²) in [6.07, 6.45) is -10.1. The molecule has 2 aromatic rings. The Morgan fingerprint density at radius 2 is 1.58 bits per heavy atom. The van der Waals surface area contributed by atoms with E-state index in [0.29, 0.717) is 12.1 Å². The van der Waals surface area contributed by atoms with E-state index in [1.54, 1.807) is 30.3 Å². The van der Waals surface area contributed by atoms with Gasteiger partial charge in [-0.15, -0.1) is 0 Å². The number of hydrogen-bond donors (Lipinski definition) is 1. The minimum absolute atomic E-state index is 0.00841. The molecule has 1 N–H and O–H groups in total. The Hall–Kier alpha value is -2.59. The number of alkyl halides is 6. The van der Waals surface area contributed by atoms with Crippen molar-refractivity contribution in [3.8, 4) is 0 Å². The lowest BCUT2D eigenvalue weighted by Gasteiger charge is -2.41. The number of aliphatic hydroxyl groups is 1. The van der Waals surface area contributed by atoms with Crippen LogP contribution in [-0.2, 0) is 28.4 Å². The zero-order valence-corrected chi connectivity index (χ0v) is 16.3. The minimum atomic E-state index is -5.05. The summed E-state index contributed by atoms with van der Waals surface area (Å²) in [4.78, 5) is 14.2. The summed E-state index contributed by atoms with van der Waals surface area (Å²) in [5.41, 5.74) is -2.83. The monoisotopic (exact) mass is 447 g/mol. The number of rotatable bonds is 4. The number of benzene rings is 2. The van der Waals surface area contributed by atoms with Gasteiger partial charge >= 0.3 is 12.4 Å². The normalized spacial score (nSPS) is 21.3. The molecular weight excluding hydrogens is 428 g/mol. The molecule has 0 radical (unpaired) electrons. The second kappa shape index (κ2) is 8.16. The summed E-state index contributed by atoms with van der Waals surface area (Å²) in [5.74, 6) is -5.04. The third-order valence-electron chi connectivity index (χ3n) is 5.19. The minimum Gasteiger partial charge on any atom is -0.358 e. The Kier molecular flexibility index (Phi) is 6.07. The average molecular weight is 447 g/mol. The quantitative estimate of drug-likeness (QED) is 0.699. The molecule has 1 amide bonds. The van der Waals surface area contributed by atoms with Crippen LogP contribution in [0.25, 0.3) is 0 Å². The number of nitrogens with zero attached hydrogens (tertiary/aromatic N) is 1. The van der Waals surface area contributed by atoms with Gasteiger partial charge in [-0.1, -0.05) is 37.3 Å². The Morgan fingerprint density at radius 1 is 1.03 bits per heavy atom. The molecule has 1 unspecified atom stereocenters. The van der Waals surface area contributed by atoms with E-state index in [2.05, 4.69) is 0 Å². The molecule has 1 saturated heterocycles. The molecule has 0 spiro atoms. The molecule has 2 aromatic carbocycles. The van der Waals surface area contributed by atoms with E-state index in [0.717, 1.165) is 12.5 Å². The third kappa shape index (κ3) is 4.85. The van der Waals surface area contributed by atoms with Gasteiger partial charge < -0.3 is 14.7 Å². The summed E-state index contributed by atoms with van der Waals surface area (Å²) >= 11 is 0. The fourth-order valence-electron chi connectivity index (χ4n) is 3.42. The smallest absolute Gasteiger partial charge is 0.358 e.